The Morgan fingerprint density at radius 3 is 2.49 bits per heavy atom. The molecule has 0 aromatic heterocycles. The molecule has 0 aliphatic heterocycles. The van der Waals surface area contributed by atoms with Crippen LogP contribution in [0.4, 0.5) is 5.69 Å². The minimum absolute atomic E-state index is 0. The zero-order valence-electron chi connectivity index (χ0n) is 19.4. The van der Waals surface area contributed by atoms with Crippen molar-refractivity contribution in [2.24, 2.45) is 11.8 Å². The first-order valence-electron chi connectivity index (χ1n) is 11.3. The molecule has 7 nitrogen and oxygen atoms in total. The largest absolute Gasteiger partial charge is 0.518 e. The summed E-state index contributed by atoms with van der Waals surface area (Å²) >= 11 is 0. The van der Waals surface area contributed by atoms with E-state index in [1.54, 1.807) is 48.5 Å². The van der Waals surface area contributed by atoms with Gasteiger partial charge in [-0.15, -0.1) is 0 Å². The molecule has 0 bridgehead atoms. The maximum absolute atomic E-state index is 12.2. The predicted octanol–water partition coefficient (Wildman–Crippen LogP) is 4.02. The number of aliphatic hydroxyl groups excluding tert-OH is 1. The van der Waals surface area contributed by atoms with Crippen LogP contribution in [0.5, 0.6) is 5.75 Å². The number of hydrogen-bond acceptors (Lipinski definition) is 5. The molecule has 2 amide bonds. The van der Waals surface area contributed by atoms with Crippen LogP contribution < -0.4 is 15.6 Å². The van der Waals surface area contributed by atoms with Crippen molar-refractivity contribution in [3.8, 4) is 5.75 Å². The average molecular weight is 550 g/mol. The molecule has 1 saturated carbocycles. The van der Waals surface area contributed by atoms with Crippen molar-refractivity contribution in [1.29, 1.82) is 0 Å². The molecule has 1 aliphatic carbocycles. The van der Waals surface area contributed by atoms with Crippen LogP contribution in [0.3, 0.4) is 0 Å². The Morgan fingerprint density at radius 1 is 1.09 bits per heavy atom. The third-order valence-electron chi connectivity index (χ3n) is 5.72. The standard InChI is InChI=1S/C27H29N2O5.Y/c1-2-22-23(25(31)18-24(22)30)12-8-3-4-9-13-26(32)29-34-21-16-14-20(15-17-21)28-27(33)19-10-6-5-7-11-19;/h1-3,5-8,10-11,14-17,22-24,30H,4,9,12-13,18H2,(H,28,33)(H,29,32);/q-1;/b8-3-;/t22-,23-,24-;/m1./s1. The second-order valence-corrected chi connectivity index (χ2v) is 8.19. The fourth-order valence-electron chi connectivity index (χ4n) is 3.83. The summed E-state index contributed by atoms with van der Waals surface area (Å²) in [6.07, 6.45) is 6.85. The van der Waals surface area contributed by atoms with Gasteiger partial charge in [-0.25, -0.2) is 0 Å². The number of carbonyl (C=O) groups excluding carboxylic acids is 3. The molecule has 2 aromatic rings. The Labute approximate surface area is 230 Å². The van der Waals surface area contributed by atoms with Crippen molar-refractivity contribution in [2.45, 2.75) is 38.2 Å². The topological polar surface area (TPSA) is 105 Å². The molecule has 35 heavy (non-hydrogen) atoms. The quantitative estimate of drug-likeness (QED) is 0.170. The molecule has 0 heterocycles. The summed E-state index contributed by atoms with van der Waals surface area (Å²) in [5.41, 5.74) is 3.58. The van der Waals surface area contributed by atoms with E-state index in [-0.39, 0.29) is 75.0 Å². The fourth-order valence-corrected chi connectivity index (χ4v) is 3.83. The van der Waals surface area contributed by atoms with Gasteiger partial charge in [0.2, 0.25) is 0 Å². The van der Waals surface area contributed by atoms with Crippen LogP contribution in [0.1, 0.15) is 42.5 Å². The average Bonchev–Trinajstić information content (AvgIpc) is 3.13. The van der Waals surface area contributed by atoms with Crippen LogP contribution in [0, 0.1) is 18.4 Å². The number of anilines is 1. The van der Waals surface area contributed by atoms with Crippen molar-refractivity contribution < 1.29 is 57.0 Å². The van der Waals surface area contributed by atoms with Gasteiger partial charge in [-0.05, 0) is 61.6 Å². The number of carbonyl (C=O) groups is 3. The van der Waals surface area contributed by atoms with E-state index in [4.69, 9.17) is 11.4 Å². The van der Waals surface area contributed by atoms with Crippen molar-refractivity contribution in [3.63, 3.8) is 0 Å². The maximum atomic E-state index is 12.2. The van der Waals surface area contributed by atoms with Crippen LogP contribution in [-0.2, 0) is 42.3 Å². The van der Waals surface area contributed by atoms with E-state index < -0.39 is 6.10 Å². The van der Waals surface area contributed by atoms with E-state index in [2.05, 4.69) is 10.8 Å². The Balaban J connectivity index is 0.00000432. The number of hydroxylamine groups is 1. The molecule has 0 spiro atoms. The smallest absolute Gasteiger partial charge is 0.255 e. The van der Waals surface area contributed by atoms with E-state index in [0.29, 0.717) is 36.3 Å². The van der Waals surface area contributed by atoms with Gasteiger partial charge in [0.1, 0.15) is 5.78 Å². The van der Waals surface area contributed by atoms with Crippen molar-refractivity contribution in [1.82, 2.24) is 5.48 Å². The number of aliphatic hydroxyl groups is 1. The molecular weight excluding hydrogens is 521 g/mol. The zero-order valence-corrected chi connectivity index (χ0v) is 22.3. The number of ketones is 1. The summed E-state index contributed by atoms with van der Waals surface area (Å²) < 4.78 is 0. The van der Waals surface area contributed by atoms with Gasteiger partial charge in [-0.3, -0.25) is 20.5 Å². The minimum atomic E-state index is -0.691. The van der Waals surface area contributed by atoms with Crippen molar-refractivity contribution in [2.75, 3.05) is 5.32 Å². The second-order valence-electron chi connectivity index (χ2n) is 8.19. The van der Waals surface area contributed by atoms with Crippen LogP contribution in [0.15, 0.2) is 72.8 Å². The van der Waals surface area contributed by atoms with Crippen LogP contribution in [0.2, 0.25) is 0 Å². The van der Waals surface area contributed by atoms with Crippen LogP contribution >= 0.6 is 0 Å². The molecule has 0 saturated heterocycles. The molecular formula is C27H29N2O5Y-. The first kappa shape index (κ1) is 28.6. The number of amides is 2. The van der Waals surface area contributed by atoms with E-state index >= 15 is 0 Å². The molecule has 1 aliphatic rings. The van der Waals surface area contributed by atoms with E-state index in [1.807, 2.05) is 18.2 Å². The van der Waals surface area contributed by atoms with Crippen LogP contribution in [-0.4, -0.2) is 28.8 Å². The summed E-state index contributed by atoms with van der Waals surface area (Å²) in [5.74, 6) is -0.545. The monoisotopic (exact) mass is 550 g/mol. The summed E-state index contributed by atoms with van der Waals surface area (Å²) in [6, 6.07) is 15.6. The number of rotatable bonds is 11. The number of nitrogens with one attached hydrogen (secondary N) is 2. The molecule has 1 fully saturated rings. The number of allylic oxidation sites excluding steroid dienone is 2. The van der Waals surface area contributed by atoms with Gasteiger partial charge in [0.25, 0.3) is 11.8 Å². The molecule has 2 aromatic carbocycles. The molecule has 3 N–H and O–H groups in total. The Hall–Kier alpha value is -2.61. The first-order valence-corrected chi connectivity index (χ1v) is 11.3. The van der Waals surface area contributed by atoms with Gasteiger partial charge in [0.05, 0.1) is 6.10 Å². The SMILES string of the molecule is [CH-]=C[C@H]1[C@H](O)CC(=O)[C@@H]1C/C=C\CCCC(=O)NOc1ccc(NC(=O)c2ccccc2)cc1.[Y]. The van der Waals surface area contributed by atoms with Crippen molar-refractivity contribution in [3.05, 3.63) is 85.0 Å². The first-order chi connectivity index (χ1) is 16.5. The van der Waals surface area contributed by atoms with Crippen LogP contribution in [0.25, 0.3) is 0 Å². The number of unbranched alkanes of at least 4 members (excludes halogenated alkanes) is 1. The van der Waals surface area contributed by atoms with Gasteiger partial charge >= 0.3 is 0 Å². The molecule has 8 heteroatoms. The Morgan fingerprint density at radius 2 is 1.80 bits per heavy atom. The minimum Gasteiger partial charge on any atom is -0.518 e. The number of Topliss-reactive ketones (excluding diaryl/α,β-unsaturated/α-hetero) is 1. The van der Waals surface area contributed by atoms with E-state index in [1.165, 1.54) is 6.08 Å². The molecule has 3 atom stereocenters. The predicted molar refractivity (Wildman–Crippen MR) is 129 cm³/mol. The van der Waals surface area contributed by atoms with Crippen molar-refractivity contribution >= 4 is 23.3 Å². The molecule has 0 unspecified atom stereocenters. The molecule has 1 radical (unpaired) electrons. The normalized spacial score (nSPS) is 19.1. The molecule has 181 valence electrons. The third-order valence-corrected chi connectivity index (χ3v) is 5.72. The Bertz CT molecular complexity index is 1020. The Kier molecular flexibility index (Phi) is 12.0. The summed E-state index contributed by atoms with van der Waals surface area (Å²) in [5, 5.41) is 12.6. The van der Waals surface area contributed by atoms with E-state index in [9.17, 15) is 19.5 Å². The summed E-state index contributed by atoms with van der Waals surface area (Å²) in [4.78, 5) is 41.4. The zero-order chi connectivity index (χ0) is 24.3. The molecule has 3 rings (SSSR count). The fraction of sp³-hybridized carbons (Fsp3) is 0.296. The summed E-state index contributed by atoms with van der Waals surface area (Å²) in [6.45, 7) is 5.55. The van der Waals surface area contributed by atoms with Gasteiger partial charge in [-0.1, -0.05) is 30.4 Å². The third kappa shape index (κ3) is 8.84. The van der Waals surface area contributed by atoms with Gasteiger partial charge in [-0.2, -0.15) is 5.48 Å². The second kappa shape index (κ2) is 14.7. The number of benzene rings is 2. The number of hydrogen-bond donors (Lipinski definition) is 3. The van der Waals surface area contributed by atoms with Gasteiger partial charge in [0.15, 0.2) is 5.75 Å². The van der Waals surface area contributed by atoms with Gasteiger partial charge in [0, 0.05) is 62.7 Å². The maximum Gasteiger partial charge on any atom is 0.255 e. The van der Waals surface area contributed by atoms with Gasteiger partial charge < -0.3 is 21.8 Å². The van der Waals surface area contributed by atoms with E-state index in [0.717, 1.165) is 0 Å². The summed E-state index contributed by atoms with van der Waals surface area (Å²) in [7, 11) is 0.